The van der Waals surface area contributed by atoms with E-state index in [4.69, 9.17) is 14.2 Å². The standard InChI is InChI=1S/C27H36N2O7/c1-6-18(7-2)16-35-24-15-21(27(31)34-5)10-12-22(24)28-26(30)20-11-13-23(29(32)33)25(14-20)36-17-19(8-3)9-4/h10-15,18-19H,6-9,16-17H2,1-5H3,(H,28,30). The van der Waals surface area contributed by atoms with E-state index in [9.17, 15) is 19.7 Å². The number of methoxy groups -OCH3 is 1. The van der Waals surface area contributed by atoms with Crippen LogP contribution in [-0.4, -0.2) is 37.1 Å². The lowest BCUT2D eigenvalue weighted by atomic mass is 10.1. The van der Waals surface area contributed by atoms with E-state index >= 15 is 0 Å². The normalized spacial score (nSPS) is 10.9. The highest BCUT2D eigenvalue weighted by Gasteiger charge is 2.21. The third kappa shape index (κ3) is 7.69. The zero-order valence-corrected chi connectivity index (χ0v) is 21.7. The summed E-state index contributed by atoms with van der Waals surface area (Å²) in [6.07, 6.45) is 3.62. The van der Waals surface area contributed by atoms with E-state index in [0.717, 1.165) is 25.7 Å². The Morgan fingerprint density at radius 2 is 1.39 bits per heavy atom. The monoisotopic (exact) mass is 500 g/mol. The van der Waals surface area contributed by atoms with Gasteiger partial charge in [0.15, 0.2) is 5.75 Å². The molecule has 0 atom stereocenters. The number of amides is 1. The summed E-state index contributed by atoms with van der Waals surface area (Å²) in [4.78, 5) is 36.1. The molecule has 2 aromatic carbocycles. The minimum absolute atomic E-state index is 0.0470. The van der Waals surface area contributed by atoms with Crippen molar-refractivity contribution >= 4 is 23.3 Å². The lowest BCUT2D eigenvalue weighted by Gasteiger charge is -2.18. The number of hydrogen-bond donors (Lipinski definition) is 1. The molecule has 1 N–H and O–H groups in total. The van der Waals surface area contributed by atoms with Gasteiger partial charge in [0, 0.05) is 17.7 Å². The Hall–Kier alpha value is -3.62. The van der Waals surface area contributed by atoms with Gasteiger partial charge < -0.3 is 19.5 Å². The van der Waals surface area contributed by atoms with E-state index in [1.54, 1.807) is 6.07 Å². The number of carbonyl (C=O) groups excluding carboxylic acids is 2. The molecule has 0 aliphatic heterocycles. The molecule has 9 heteroatoms. The van der Waals surface area contributed by atoms with Crippen LogP contribution in [0.25, 0.3) is 0 Å². The quantitative estimate of drug-likeness (QED) is 0.185. The number of carbonyl (C=O) groups is 2. The molecule has 196 valence electrons. The van der Waals surface area contributed by atoms with E-state index in [-0.39, 0.29) is 22.9 Å². The first-order valence-electron chi connectivity index (χ1n) is 12.3. The average molecular weight is 501 g/mol. The number of nitro groups is 1. The summed E-state index contributed by atoms with van der Waals surface area (Å²) in [6.45, 7) is 8.95. The minimum Gasteiger partial charge on any atom is -0.491 e. The summed E-state index contributed by atoms with van der Waals surface area (Å²) in [5.41, 5.74) is 0.663. The van der Waals surface area contributed by atoms with E-state index in [0.29, 0.717) is 36.1 Å². The van der Waals surface area contributed by atoms with Crippen molar-refractivity contribution in [1.29, 1.82) is 0 Å². The van der Waals surface area contributed by atoms with Gasteiger partial charge in [-0.2, -0.15) is 0 Å². The molecule has 0 unspecified atom stereocenters. The Morgan fingerprint density at radius 1 is 0.861 bits per heavy atom. The van der Waals surface area contributed by atoms with Gasteiger partial charge in [0.2, 0.25) is 0 Å². The summed E-state index contributed by atoms with van der Waals surface area (Å²) in [6, 6.07) is 8.66. The van der Waals surface area contributed by atoms with E-state index < -0.39 is 16.8 Å². The lowest BCUT2D eigenvalue weighted by Crippen LogP contribution is -2.16. The van der Waals surface area contributed by atoms with E-state index in [1.807, 2.05) is 13.8 Å². The Balaban J connectivity index is 2.32. The number of nitrogens with zero attached hydrogens (tertiary/aromatic N) is 1. The molecule has 0 heterocycles. The van der Waals surface area contributed by atoms with Crippen LogP contribution in [0.1, 0.15) is 74.1 Å². The molecule has 2 aromatic rings. The zero-order chi connectivity index (χ0) is 26.7. The Bertz CT molecular complexity index is 1050. The second-order valence-corrected chi connectivity index (χ2v) is 8.58. The molecule has 0 aliphatic carbocycles. The largest absolute Gasteiger partial charge is 0.491 e. The van der Waals surface area contributed by atoms with Crippen molar-refractivity contribution < 1.29 is 28.7 Å². The molecule has 2 rings (SSSR count). The first-order chi connectivity index (χ1) is 17.3. The zero-order valence-electron chi connectivity index (χ0n) is 21.7. The van der Waals surface area contributed by atoms with Crippen LogP contribution >= 0.6 is 0 Å². The molecule has 0 spiro atoms. The van der Waals surface area contributed by atoms with E-state index in [1.165, 1.54) is 37.4 Å². The van der Waals surface area contributed by atoms with Crippen LogP contribution < -0.4 is 14.8 Å². The van der Waals surface area contributed by atoms with Crippen LogP contribution in [0.4, 0.5) is 11.4 Å². The van der Waals surface area contributed by atoms with Crippen LogP contribution in [-0.2, 0) is 4.74 Å². The summed E-state index contributed by atoms with van der Waals surface area (Å²) < 4.78 is 16.5. The van der Waals surface area contributed by atoms with Gasteiger partial charge in [-0.05, 0) is 36.1 Å². The Labute approximate surface area is 212 Å². The number of ether oxygens (including phenoxy) is 3. The van der Waals surface area contributed by atoms with Crippen molar-refractivity contribution in [3.05, 3.63) is 57.6 Å². The summed E-state index contributed by atoms with van der Waals surface area (Å²) in [7, 11) is 1.29. The summed E-state index contributed by atoms with van der Waals surface area (Å²) >= 11 is 0. The Morgan fingerprint density at radius 3 is 1.92 bits per heavy atom. The van der Waals surface area contributed by atoms with Crippen LogP contribution in [0.15, 0.2) is 36.4 Å². The van der Waals surface area contributed by atoms with Crippen molar-refractivity contribution in [3.8, 4) is 11.5 Å². The molecule has 0 aliphatic rings. The molecular formula is C27H36N2O7. The fraction of sp³-hybridized carbons (Fsp3) is 0.481. The molecule has 0 radical (unpaired) electrons. The van der Waals surface area contributed by atoms with Gasteiger partial charge in [-0.15, -0.1) is 0 Å². The van der Waals surface area contributed by atoms with E-state index in [2.05, 4.69) is 19.2 Å². The highest BCUT2D eigenvalue weighted by Crippen LogP contribution is 2.31. The second kappa shape index (κ2) is 14.1. The molecular weight excluding hydrogens is 464 g/mol. The number of benzene rings is 2. The molecule has 36 heavy (non-hydrogen) atoms. The van der Waals surface area contributed by atoms with Crippen LogP contribution in [0, 0.1) is 22.0 Å². The van der Waals surface area contributed by atoms with Crippen LogP contribution in [0.3, 0.4) is 0 Å². The summed E-state index contributed by atoms with van der Waals surface area (Å²) in [5.74, 6) is -0.0496. The second-order valence-electron chi connectivity index (χ2n) is 8.58. The number of anilines is 1. The molecule has 0 saturated carbocycles. The predicted molar refractivity (Wildman–Crippen MR) is 138 cm³/mol. The predicted octanol–water partition coefficient (Wildman–Crippen LogP) is 6.26. The van der Waals surface area contributed by atoms with Gasteiger partial charge in [0.1, 0.15) is 5.75 Å². The fourth-order valence-corrected chi connectivity index (χ4v) is 3.57. The van der Waals surface area contributed by atoms with Crippen molar-refractivity contribution in [1.82, 2.24) is 0 Å². The molecule has 0 bridgehead atoms. The topological polar surface area (TPSA) is 117 Å². The maximum Gasteiger partial charge on any atom is 0.337 e. The maximum atomic E-state index is 13.1. The number of hydrogen-bond acceptors (Lipinski definition) is 7. The number of rotatable bonds is 14. The first kappa shape index (κ1) is 28.6. The average Bonchev–Trinajstić information content (AvgIpc) is 2.89. The highest BCUT2D eigenvalue weighted by atomic mass is 16.6. The fourth-order valence-electron chi connectivity index (χ4n) is 3.57. The Kier molecular flexibility index (Phi) is 11.2. The molecule has 0 saturated heterocycles. The summed E-state index contributed by atoms with van der Waals surface area (Å²) in [5, 5.41) is 14.3. The van der Waals surface area contributed by atoms with Gasteiger partial charge in [-0.25, -0.2) is 4.79 Å². The van der Waals surface area contributed by atoms with Crippen molar-refractivity contribution in [2.75, 3.05) is 25.6 Å². The molecule has 9 nitrogen and oxygen atoms in total. The molecule has 0 aromatic heterocycles. The number of nitro benzene ring substituents is 1. The SMILES string of the molecule is CCC(CC)COc1cc(C(=O)OC)ccc1NC(=O)c1ccc([N+](=O)[O-])c(OCC(CC)CC)c1. The smallest absolute Gasteiger partial charge is 0.337 e. The third-order valence-corrected chi connectivity index (χ3v) is 6.33. The van der Waals surface area contributed by atoms with Gasteiger partial charge in [-0.3, -0.25) is 14.9 Å². The maximum absolute atomic E-state index is 13.1. The lowest BCUT2D eigenvalue weighted by molar-refractivity contribution is -0.385. The number of nitrogens with one attached hydrogen (secondary N) is 1. The minimum atomic E-state index is -0.528. The van der Waals surface area contributed by atoms with Crippen molar-refractivity contribution in [2.45, 2.75) is 53.4 Å². The van der Waals surface area contributed by atoms with Gasteiger partial charge in [0.25, 0.3) is 5.91 Å². The van der Waals surface area contributed by atoms with Crippen LogP contribution in [0.5, 0.6) is 11.5 Å². The molecule has 0 fully saturated rings. The highest BCUT2D eigenvalue weighted by molar-refractivity contribution is 6.06. The number of esters is 1. The molecule has 1 amide bonds. The van der Waals surface area contributed by atoms with Crippen molar-refractivity contribution in [2.24, 2.45) is 11.8 Å². The van der Waals surface area contributed by atoms with Gasteiger partial charge >= 0.3 is 11.7 Å². The first-order valence-corrected chi connectivity index (χ1v) is 12.3. The van der Waals surface area contributed by atoms with Gasteiger partial charge in [-0.1, -0.05) is 53.4 Å². The van der Waals surface area contributed by atoms with Crippen molar-refractivity contribution in [3.63, 3.8) is 0 Å². The van der Waals surface area contributed by atoms with Crippen LogP contribution in [0.2, 0.25) is 0 Å². The third-order valence-electron chi connectivity index (χ3n) is 6.33. The van der Waals surface area contributed by atoms with Gasteiger partial charge in [0.05, 0.1) is 36.5 Å².